The molecule has 0 aliphatic heterocycles. The minimum atomic E-state index is 0.124. The summed E-state index contributed by atoms with van der Waals surface area (Å²) in [5, 5.41) is 9.56. The lowest BCUT2D eigenvalue weighted by atomic mass is 10.2. The fourth-order valence-electron chi connectivity index (χ4n) is 0.734. The van der Waals surface area contributed by atoms with E-state index in [9.17, 15) is 0 Å². The molecule has 0 fully saturated rings. The summed E-state index contributed by atoms with van der Waals surface area (Å²) in [6.45, 7) is 0. The van der Waals surface area contributed by atoms with Gasteiger partial charge >= 0.3 is 0 Å². The summed E-state index contributed by atoms with van der Waals surface area (Å²) in [6.07, 6.45) is 1.84. The van der Waals surface area contributed by atoms with Crippen molar-refractivity contribution >= 4 is 40.3 Å². The summed E-state index contributed by atoms with van der Waals surface area (Å²) in [5.74, 6) is 0.124. The molecule has 1 rings (SSSR count). The second-order valence-corrected chi connectivity index (χ2v) is 3.07. The third-order valence-corrected chi connectivity index (χ3v) is 2.02. The van der Waals surface area contributed by atoms with Crippen molar-refractivity contribution in [2.45, 2.75) is 0 Å². The third-order valence-electron chi connectivity index (χ3n) is 1.25. The molecular formula is C8H6ClIO. The van der Waals surface area contributed by atoms with Crippen LogP contribution in [-0.2, 0) is 0 Å². The minimum absolute atomic E-state index is 0.124. The Morgan fingerprint density at radius 3 is 2.82 bits per heavy atom. The van der Waals surface area contributed by atoms with Crippen LogP contribution >= 0.6 is 34.2 Å². The lowest BCUT2D eigenvalue weighted by molar-refractivity contribution is 0.475. The van der Waals surface area contributed by atoms with Gasteiger partial charge in [0.15, 0.2) is 0 Å². The van der Waals surface area contributed by atoms with Crippen LogP contribution in [0.5, 0.6) is 5.75 Å². The van der Waals surface area contributed by atoms with Crippen molar-refractivity contribution in [3.8, 4) is 5.75 Å². The van der Waals surface area contributed by atoms with E-state index in [0.29, 0.717) is 5.02 Å². The Balaban J connectivity index is 3.16. The number of hydrogen-bond acceptors (Lipinski definition) is 1. The summed E-state index contributed by atoms with van der Waals surface area (Å²) in [4.78, 5) is 0. The topological polar surface area (TPSA) is 20.2 Å². The average molecular weight is 280 g/mol. The van der Waals surface area contributed by atoms with E-state index in [4.69, 9.17) is 16.7 Å². The average Bonchev–Trinajstić information content (AvgIpc) is 1.99. The first-order valence-corrected chi connectivity index (χ1v) is 4.62. The first kappa shape index (κ1) is 8.87. The van der Waals surface area contributed by atoms with Gasteiger partial charge in [0, 0.05) is 0 Å². The van der Waals surface area contributed by atoms with E-state index in [-0.39, 0.29) is 5.75 Å². The molecular weight excluding hydrogens is 274 g/mol. The lowest BCUT2D eigenvalue weighted by Crippen LogP contribution is -1.74. The molecule has 1 aromatic rings. The van der Waals surface area contributed by atoms with E-state index in [1.165, 1.54) is 0 Å². The summed E-state index contributed by atoms with van der Waals surface area (Å²) in [7, 11) is 0. The molecule has 0 heterocycles. The summed E-state index contributed by atoms with van der Waals surface area (Å²) in [6, 6.07) is 5.16. The van der Waals surface area contributed by atoms with Gasteiger partial charge in [-0.1, -0.05) is 46.3 Å². The van der Waals surface area contributed by atoms with Gasteiger partial charge < -0.3 is 5.11 Å². The minimum Gasteiger partial charge on any atom is -0.506 e. The van der Waals surface area contributed by atoms with Gasteiger partial charge in [0.1, 0.15) is 5.75 Å². The zero-order chi connectivity index (χ0) is 8.27. The zero-order valence-corrected chi connectivity index (χ0v) is 8.50. The van der Waals surface area contributed by atoms with E-state index in [2.05, 4.69) is 22.6 Å². The molecule has 0 saturated carbocycles. The molecule has 0 spiro atoms. The van der Waals surface area contributed by atoms with Crippen molar-refractivity contribution in [1.82, 2.24) is 0 Å². The van der Waals surface area contributed by atoms with Crippen LogP contribution in [0, 0.1) is 0 Å². The van der Waals surface area contributed by atoms with Crippen molar-refractivity contribution in [2.24, 2.45) is 0 Å². The number of phenolic OH excluding ortho intramolecular Hbond substituents is 1. The van der Waals surface area contributed by atoms with Gasteiger partial charge in [0.05, 0.1) is 5.02 Å². The fourth-order valence-corrected chi connectivity index (χ4v) is 1.31. The molecule has 0 bridgehead atoms. The molecule has 1 nitrogen and oxygen atoms in total. The van der Waals surface area contributed by atoms with Gasteiger partial charge in [0.2, 0.25) is 0 Å². The third kappa shape index (κ3) is 2.10. The quantitative estimate of drug-likeness (QED) is 0.781. The number of rotatable bonds is 1. The molecule has 3 heteroatoms. The van der Waals surface area contributed by atoms with Gasteiger partial charge in [0.25, 0.3) is 0 Å². The highest BCUT2D eigenvalue weighted by Gasteiger charge is 1.99. The van der Waals surface area contributed by atoms with Crippen LogP contribution in [0.25, 0.3) is 6.08 Å². The smallest absolute Gasteiger partial charge is 0.134 e. The number of phenols is 1. The summed E-state index contributed by atoms with van der Waals surface area (Å²) in [5.41, 5.74) is 0.834. The van der Waals surface area contributed by atoms with Crippen molar-refractivity contribution in [1.29, 1.82) is 0 Å². The molecule has 0 amide bonds. The first-order chi connectivity index (χ1) is 5.25. The van der Waals surface area contributed by atoms with Crippen molar-refractivity contribution in [3.05, 3.63) is 32.9 Å². The van der Waals surface area contributed by atoms with Crippen LogP contribution < -0.4 is 0 Å². The number of benzene rings is 1. The van der Waals surface area contributed by atoms with Crippen molar-refractivity contribution in [3.63, 3.8) is 0 Å². The SMILES string of the molecule is Oc1cccc(/C=C/I)c1Cl. The van der Waals surface area contributed by atoms with Crippen LogP contribution in [0.3, 0.4) is 0 Å². The van der Waals surface area contributed by atoms with Crippen LogP contribution in [-0.4, -0.2) is 5.11 Å². The monoisotopic (exact) mass is 280 g/mol. The maximum absolute atomic E-state index is 9.16. The second-order valence-electron chi connectivity index (χ2n) is 1.97. The Morgan fingerprint density at radius 1 is 1.45 bits per heavy atom. The van der Waals surface area contributed by atoms with E-state index in [1.54, 1.807) is 12.1 Å². The van der Waals surface area contributed by atoms with Crippen LogP contribution in [0.4, 0.5) is 0 Å². The highest BCUT2D eigenvalue weighted by atomic mass is 127. The Kier molecular flexibility index (Phi) is 3.20. The predicted octanol–water partition coefficient (Wildman–Crippen LogP) is 3.45. The van der Waals surface area contributed by atoms with Gasteiger partial charge in [-0.15, -0.1) is 0 Å². The largest absolute Gasteiger partial charge is 0.506 e. The maximum Gasteiger partial charge on any atom is 0.134 e. The van der Waals surface area contributed by atoms with Crippen molar-refractivity contribution < 1.29 is 5.11 Å². The van der Waals surface area contributed by atoms with Crippen LogP contribution in [0.15, 0.2) is 22.3 Å². The van der Waals surface area contributed by atoms with Crippen LogP contribution in [0.1, 0.15) is 5.56 Å². The number of halogens is 2. The maximum atomic E-state index is 9.16. The van der Waals surface area contributed by atoms with E-state index in [1.807, 2.05) is 16.2 Å². The van der Waals surface area contributed by atoms with Gasteiger partial charge in [-0.25, -0.2) is 0 Å². The Bertz CT molecular complexity index is 283. The molecule has 0 aliphatic carbocycles. The Hall–Kier alpha value is -0.220. The van der Waals surface area contributed by atoms with E-state index < -0.39 is 0 Å². The highest BCUT2D eigenvalue weighted by Crippen LogP contribution is 2.27. The Morgan fingerprint density at radius 2 is 2.18 bits per heavy atom. The van der Waals surface area contributed by atoms with Gasteiger partial charge in [-0.2, -0.15) is 0 Å². The van der Waals surface area contributed by atoms with E-state index >= 15 is 0 Å². The highest BCUT2D eigenvalue weighted by molar-refractivity contribution is 14.1. The number of hydrogen-bond donors (Lipinski definition) is 1. The second kappa shape index (κ2) is 3.97. The van der Waals surface area contributed by atoms with Crippen molar-refractivity contribution in [2.75, 3.05) is 0 Å². The number of aromatic hydroxyl groups is 1. The normalized spacial score (nSPS) is 10.7. The molecule has 0 radical (unpaired) electrons. The Labute approximate surface area is 83.8 Å². The molecule has 0 aromatic heterocycles. The molecule has 1 N–H and O–H groups in total. The molecule has 1 aromatic carbocycles. The standard InChI is InChI=1S/C8H6ClIO/c9-8-6(4-5-10)2-1-3-7(8)11/h1-5,11H/b5-4+. The summed E-state index contributed by atoms with van der Waals surface area (Å²) < 4.78 is 1.85. The molecule has 0 unspecified atom stereocenters. The zero-order valence-electron chi connectivity index (χ0n) is 5.59. The fraction of sp³-hybridized carbons (Fsp3) is 0. The molecule has 0 aliphatic rings. The molecule has 11 heavy (non-hydrogen) atoms. The molecule has 58 valence electrons. The lowest BCUT2D eigenvalue weighted by Gasteiger charge is -1.98. The first-order valence-electron chi connectivity index (χ1n) is 3.00. The van der Waals surface area contributed by atoms with Gasteiger partial charge in [-0.05, 0) is 21.8 Å². The summed E-state index contributed by atoms with van der Waals surface area (Å²) >= 11 is 7.87. The van der Waals surface area contributed by atoms with Crippen LogP contribution in [0.2, 0.25) is 5.02 Å². The van der Waals surface area contributed by atoms with Gasteiger partial charge in [-0.3, -0.25) is 0 Å². The predicted molar refractivity (Wildman–Crippen MR) is 56.2 cm³/mol. The molecule has 0 atom stereocenters. The molecule has 0 saturated heterocycles. The van der Waals surface area contributed by atoms with E-state index in [0.717, 1.165) is 5.56 Å².